The van der Waals surface area contributed by atoms with Gasteiger partial charge in [0.1, 0.15) is 6.04 Å². The Morgan fingerprint density at radius 2 is 1.94 bits per heavy atom. The lowest BCUT2D eigenvalue weighted by atomic mass is 10.1. The molecule has 0 bridgehead atoms. The Morgan fingerprint density at radius 1 is 1.24 bits per heavy atom. The Kier molecular flexibility index (Phi) is 3.42. The maximum absolute atomic E-state index is 11.8. The normalized spacial score (nSPS) is 19.6. The number of rotatable bonds is 4. The van der Waals surface area contributed by atoms with Crippen LogP contribution in [0.15, 0.2) is 30.3 Å². The summed E-state index contributed by atoms with van der Waals surface area (Å²) in [5.74, 6) is -0.225. The topological polar surface area (TPSA) is 49.4 Å². The summed E-state index contributed by atoms with van der Waals surface area (Å²) in [6.07, 6.45) is 1.91. The molecule has 1 N–H and O–H groups in total. The fourth-order valence-electron chi connectivity index (χ4n) is 2.03. The predicted octanol–water partition coefficient (Wildman–Crippen LogP) is 2.08. The number of carbonyl (C=O) groups excluding carboxylic acids is 2. The molecule has 0 aliphatic carbocycles. The van der Waals surface area contributed by atoms with Crippen LogP contribution < -0.4 is 5.32 Å². The van der Waals surface area contributed by atoms with E-state index in [1.807, 2.05) is 30.3 Å². The van der Waals surface area contributed by atoms with E-state index in [-0.39, 0.29) is 11.9 Å². The molecule has 3 amide bonds. The van der Waals surface area contributed by atoms with Gasteiger partial charge >= 0.3 is 6.03 Å². The minimum absolute atomic E-state index is 0.225. The summed E-state index contributed by atoms with van der Waals surface area (Å²) < 4.78 is 0. The zero-order chi connectivity index (χ0) is 12.3. The Hall–Kier alpha value is -1.84. The zero-order valence-electron chi connectivity index (χ0n) is 9.85. The molecule has 4 nitrogen and oxygen atoms in total. The maximum atomic E-state index is 11.8. The average molecular weight is 232 g/mol. The number of unbranched alkanes of at least 4 members (excludes halogenated alkanes) is 1. The molecule has 2 rings (SSSR count). The van der Waals surface area contributed by atoms with Crippen molar-refractivity contribution in [1.82, 2.24) is 10.2 Å². The number of urea groups is 1. The summed E-state index contributed by atoms with van der Waals surface area (Å²) >= 11 is 0. The fourth-order valence-corrected chi connectivity index (χ4v) is 2.03. The highest BCUT2D eigenvalue weighted by Gasteiger charge is 2.38. The van der Waals surface area contributed by atoms with Gasteiger partial charge < -0.3 is 4.90 Å². The first-order valence-corrected chi connectivity index (χ1v) is 5.90. The smallest absolute Gasteiger partial charge is 0.308 e. The number of hydrogen-bond donors (Lipinski definition) is 1. The van der Waals surface area contributed by atoms with Crippen molar-refractivity contribution in [1.29, 1.82) is 0 Å². The molecule has 0 saturated carbocycles. The van der Waals surface area contributed by atoms with E-state index in [4.69, 9.17) is 0 Å². The van der Waals surface area contributed by atoms with Gasteiger partial charge in [0, 0.05) is 6.54 Å². The standard InChI is InChI=1S/C13H16N2O2/c1-2-3-9-15-11(12(16)14-13(15)17)10-7-5-4-6-8-10/h4-8,11H,2-3,9H2,1H3,(H,14,16,17). The van der Waals surface area contributed by atoms with Gasteiger partial charge in [-0.05, 0) is 12.0 Å². The second kappa shape index (κ2) is 4.99. The van der Waals surface area contributed by atoms with Gasteiger partial charge in [-0.3, -0.25) is 10.1 Å². The summed E-state index contributed by atoms with van der Waals surface area (Å²) in [5, 5.41) is 2.37. The molecule has 1 atom stereocenters. The van der Waals surface area contributed by atoms with Crippen LogP contribution in [0, 0.1) is 0 Å². The van der Waals surface area contributed by atoms with Crippen molar-refractivity contribution < 1.29 is 9.59 Å². The van der Waals surface area contributed by atoms with Crippen molar-refractivity contribution in [3.63, 3.8) is 0 Å². The summed E-state index contributed by atoms with van der Waals surface area (Å²) in [7, 11) is 0. The molecule has 1 aromatic rings. The number of nitrogens with zero attached hydrogens (tertiary/aromatic N) is 1. The van der Waals surface area contributed by atoms with Crippen molar-refractivity contribution >= 4 is 11.9 Å². The van der Waals surface area contributed by atoms with Gasteiger partial charge in [-0.25, -0.2) is 4.79 Å². The molecular weight excluding hydrogens is 216 g/mol. The van der Waals surface area contributed by atoms with Gasteiger partial charge in [-0.15, -0.1) is 0 Å². The molecule has 1 aliphatic rings. The van der Waals surface area contributed by atoms with E-state index in [2.05, 4.69) is 12.2 Å². The molecule has 4 heteroatoms. The molecule has 0 aromatic heterocycles. The van der Waals surface area contributed by atoms with Crippen molar-refractivity contribution in [3.8, 4) is 0 Å². The predicted molar refractivity (Wildman–Crippen MR) is 64.3 cm³/mol. The molecular formula is C13H16N2O2. The van der Waals surface area contributed by atoms with Crippen LogP contribution in [0.4, 0.5) is 4.79 Å². The van der Waals surface area contributed by atoms with Crippen LogP contribution in [0.1, 0.15) is 31.4 Å². The van der Waals surface area contributed by atoms with Gasteiger partial charge in [0.15, 0.2) is 0 Å². The van der Waals surface area contributed by atoms with Crippen LogP contribution >= 0.6 is 0 Å². The van der Waals surface area contributed by atoms with Crippen LogP contribution in [-0.2, 0) is 4.79 Å². The van der Waals surface area contributed by atoms with Crippen LogP contribution in [0.3, 0.4) is 0 Å². The van der Waals surface area contributed by atoms with Gasteiger partial charge in [0.05, 0.1) is 0 Å². The fraction of sp³-hybridized carbons (Fsp3) is 0.385. The second-order valence-electron chi connectivity index (χ2n) is 4.15. The zero-order valence-corrected chi connectivity index (χ0v) is 9.85. The Bertz CT molecular complexity index is 417. The van der Waals surface area contributed by atoms with E-state index in [9.17, 15) is 9.59 Å². The third-order valence-electron chi connectivity index (χ3n) is 2.92. The minimum Gasteiger partial charge on any atom is -0.308 e. The third kappa shape index (κ3) is 2.30. The van der Waals surface area contributed by atoms with E-state index in [1.165, 1.54) is 0 Å². The lowest BCUT2D eigenvalue weighted by Gasteiger charge is -2.21. The lowest BCUT2D eigenvalue weighted by molar-refractivity contribution is -0.121. The lowest BCUT2D eigenvalue weighted by Crippen LogP contribution is -2.30. The highest BCUT2D eigenvalue weighted by molar-refractivity contribution is 6.04. The van der Waals surface area contributed by atoms with Crippen LogP contribution in [0.2, 0.25) is 0 Å². The molecule has 1 aliphatic heterocycles. The van der Waals surface area contributed by atoms with Crippen LogP contribution in [-0.4, -0.2) is 23.4 Å². The van der Waals surface area contributed by atoms with Crippen LogP contribution in [0.25, 0.3) is 0 Å². The minimum atomic E-state index is -0.463. The van der Waals surface area contributed by atoms with E-state index < -0.39 is 6.04 Å². The number of nitrogens with one attached hydrogen (secondary N) is 1. The molecule has 1 saturated heterocycles. The summed E-state index contributed by atoms with van der Waals surface area (Å²) in [5.41, 5.74) is 0.868. The monoisotopic (exact) mass is 232 g/mol. The summed E-state index contributed by atoms with van der Waals surface area (Å²) in [6, 6.07) is 8.66. The number of hydrogen-bond acceptors (Lipinski definition) is 2. The number of imide groups is 1. The first-order valence-electron chi connectivity index (χ1n) is 5.90. The molecule has 1 fully saturated rings. The average Bonchev–Trinajstić information content (AvgIpc) is 2.62. The second-order valence-corrected chi connectivity index (χ2v) is 4.15. The molecule has 0 spiro atoms. The SMILES string of the molecule is CCCCN1C(=O)NC(=O)C1c1ccccc1. The summed E-state index contributed by atoms with van der Waals surface area (Å²) in [6.45, 7) is 2.68. The molecule has 90 valence electrons. The molecule has 17 heavy (non-hydrogen) atoms. The highest BCUT2D eigenvalue weighted by atomic mass is 16.2. The van der Waals surface area contributed by atoms with E-state index in [0.29, 0.717) is 6.54 Å². The third-order valence-corrected chi connectivity index (χ3v) is 2.92. The van der Waals surface area contributed by atoms with Crippen molar-refractivity contribution in [2.75, 3.05) is 6.54 Å². The van der Waals surface area contributed by atoms with Gasteiger partial charge in [-0.1, -0.05) is 43.7 Å². The molecule has 1 unspecified atom stereocenters. The van der Waals surface area contributed by atoms with Gasteiger partial charge in [0.25, 0.3) is 5.91 Å². The maximum Gasteiger partial charge on any atom is 0.325 e. The first-order chi connectivity index (χ1) is 8.24. The first kappa shape index (κ1) is 11.6. The number of benzene rings is 1. The highest BCUT2D eigenvalue weighted by Crippen LogP contribution is 2.25. The summed E-state index contributed by atoms with van der Waals surface area (Å²) in [4.78, 5) is 25.1. The Balaban J connectivity index is 2.23. The van der Waals surface area contributed by atoms with Gasteiger partial charge in [-0.2, -0.15) is 0 Å². The van der Waals surface area contributed by atoms with Crippen LogP contribution in [0.5, 0.6) is 0 Å². The van der Waals surface area contributed by atoms with E-state index in [1.54, 1.807) is 4.90 Å². The van der Waals surface area contributed by atoms with Gasteiger partial charge in [0.2, 0.25) is 0 Å². The Morgan fingerprint density at radius 3 is 2.59 bits per heavy atom. The van der Waals surface area contributed by atoms with Crippen molar-refractivity contribution in [2.24, 2.45) is 0 Å². The molecule has 1 heterocycles. The number of amides is 3. The van der Waals surface area contributed by atoms with E-state index in [0.717, 1.165) is 18.4 Å². The largest absolute Gasteiger partial charge is 0.325 e. The molecule has 1 aromatic carbocycles. The molecule has 0 radical (unpaired) electrons. The van der Waals surface area contributed by atoms with Crippen molar-refractivity contribution in [3.05, 3.63) is 35.9 Å². The van der Waals surface area contributed by atoms with Crippen molar-refractivity contribution in [2.45, 2.75) is 25.8 Å². The quantitative estimate of drug-likeness (QED) is 0.808. The number of carbonyl (C=O) groups is 2. The van der Waals surface area contributed by atoms with E-state index >= 15 is 0 Å². The Labute approximate surface area is 101 Å².